The van der Waals surface area contributed by atoms with Crippen LogP contribution in [0.2, 0.25) is 0 Å². The van der Waals surface area contributed by atoms with Gasteiger partial charge in [0.25, 0.3) is 0 Å². The molecule has 0 saturated carbocycles. The summed E-state index contributed by atoms with van der Waals surface area (Å²) in [5, 5.41) is 7.53. The van der Waals surface area contributed by atoms with E-state index in [-0.39, 0.29) is 5.69 Å². The van der Waals surface area contributed by atoms with Gasteiger partial charge in [0, 0.05) is 20.3 Å². The molecule has 0 fully saturated rings. The molecule has 0 aliphatic carbocycles. The maximum Gasteiger partial charge on any atom is 0.171 e. The fourth-order valence-corrected chi connectivity index (χ4v) is 1.42. The second kappa shape index (κ2) is 7.90. The van der Waals surface area contributed by atoms with Gasteiger partial charge < -0.3 is 14.2 Å². The van der Waals surface area contributed by atoms with Crippen LogP contribution in [0.1, 0.15) is 10.5 Å². The molecular formula is C13H17N3O4. The number of rotatable bonds is 4. The lowest BCUT2D eigenvalue weighted by atomic mass is 10.2. The van der Waals surface area contributed by atoms with Crippen LogP contribution in [0.5, 0.6) is 11.5 Å². The van der Waals surface area contributed by atoms with E-state index in [1.807, 2.05) is 0 Å². The highest BCUT2D eigenvalue weighted by Gasteiger charge is 2.09. The summed E-state index contributed by atoms with van der Waals surface area (Å²) in [4.78, 5) is 10.6. The van der Waals surface area contributed by atoms with Crippen molar-refractivity contribution in [2.75, 3.05) is 28.4 Å². The molecule has 0 aliphatic rings. The zero-order valence-corrected chi connectivity index (χ0v) is 11.9. The summed E-state index contributed by atoms with van der Waals surface area (Å²) in [6.45, 7) is 0. The average Bonchev–Trinajstić information content (AvgIpc) is 2.96. The molecule has 2 aromatic rings. The van der Waals surface area contributed by atoms with Crippen molar-refractivity contribution >= 4 is 6.29 Å². The van der Waals surface area contributed by atoms with Crippen molar-refractivity contribution in [1.82, 2.24) is 15.0 Å². The number of hydrogen-bond donors (Lipinski definition) is 0. The Bertz CT molecular complexity index is 554. The minimum atomic E-state index is 0.259. The predicted molar refractivity (Wildman–Crippen MR) is 72.8 cm³/mol. The summed E-state index contributed by atoms with van der Waals surface area (Å²) in [5.74, 6) is 1.29. The SMILES string of the molecule is COC.COc1ccc(OC)c(-n2cc(C=O)nn2)c1. The van der Waals surface area contributed by atoms with Crippen LogP contribution in [0.3, 0.4) is 0 Å². The lowest BCUT2D eigenvalue weighted by Gasteiger charge is -2.09. The molecule has 7 nitrogen and oxygen atoms in total. The number of ether oxygens (including phenoxy) is 3. The first-order valence-corrected chi connectivity index (χ1v) is 5.70. The molecule has 0 atom stereocenters. The summed E-state index contributed by atoms with van der Waals surface area (Å²) in [5.41, 5.74) is 0.919. The Balaban J connectivity index is 0.000000612. The second-order valence-electron chi connectivity index (χ2n) is 3.65. The van der Waals surface area contributed by atoms with E-state index in [1.54, 1.807) is 46.6 Å². The van der Waals surface area contributed by atoms with Crippen molar-refractivity contribution in [2.24, 2.45) is 0 Å². The first-order valence-electron chi connectivity index (χ1n) is 5.70. The Kier molecular flexibility index (Phi) is 6.18. The molecule has 0 radical (unpaired) electrons. The maximum absolute atomic E-state index is 10.6. The van der Waals surface area contributed by atoms with Gasteiger partial charge in [-0.15, -0.1) is 5.10 Å². The number of carbonyl (C=O) groups excluding carboxylic acids is 1. The summed E-state index contributed by atoms with van der Waals surface area (Å²) in [6, 6.07) is 5.29. The van der Waals surface area contributed by atoms with Crippen LogP contribution >= 0.6 is 0 Å². The van der Waals surface area contributed by atoms with Gasteiger partial charge in [0.2, 0.25) is 0 Å². The second-order valence-corrected chi connectivity index (χ2v) is 3.65. The third-order valence-electron chi connectivity index (χ3n) is 2.26. The van der Waals surface area contributed by atoms with Gasteiger partial charge in [0.15, 0.2) is 6.29 Å². The Labute approximate surface area is 117 Å². The zero-order valence-electron chi connectivity index (χ0n) is 11.9. The van der Waals surface area contributed by atoms with Crippen molar-refractivity contribution < 1.29 is 19.0 Å². The van der Waals surface area contributed by atoms with Gasteiger partial charge in [0.05, 0.1) is 20.4 Å². The highest BCUT2D eigenvalue weighted by Crippen LogP contribution is 2.26. The van der Waals surface area contributed by atoms with Crippen molar-refractivity contribution in [3.63, 3.8) is 0 Å². The number of benzene rings is 1. The highest BCUT2D eigenvalue weighted by atomic mass is 16.5. The molecule has 0 aliphatic heterocycles. The number of aldehydes is 1. The number of aromatic nitrogens is 3. The van der Waals surface area contributed by atoms with E-state index in [0.29, 0.717) is 23.5 Å². The molecule has 0 N–H and O–H groups in total. The smallest absolute Gasteiger partial charge is 0.171 e. The molecule has 108 valence electrons. The van der Waals surface area contributed by atoms with Crippen molar-refractivity contribution in [3.05, 3.63) is 30.1 Å². The quantitative estimate of drug-likeness (QED) is 0.787. The maximum atomic E-state index is 10.6. The summed E-state index contributed by atoms with van der Waals surface area (Å²) >= 11 is 0. The fourth-order valence-electron chi connectivity index (χ4n) is 1.42. The van der Waals surface area contributed by atoms with Gasteiger partial charge in [0.1, 0.15) is 22.9 Å². The molecule has 1 aromatic carbocycles. The van der Waals surface area contributed by atoms with Gasteiger partial charge in [-0.1, -0.05) is 5.21 Å². The molecule has 1 heterocycles. The molecule has 1 aromatic heterocycles. The first kappa shape index (κ1) is 15.6. The Morgan fingerprint density at radius 2 is 1.85 bits per heavy atom. The average molecular weight is 279 g/mol. The van der Waals surface area contributed by atoms with E-state index in [9.17, 15) is 4.79 Å². The topological polar surface area (TPSA) is 75.5 Å². The molecular weight excluding hydrogens is 262 g/mol. The Morgan fingerprint density at radius 3 is 2.35 bits per heavy atom. The predicted octanol–water partition coefficient (Wildman–Crippen LogP) is 1.36. The number of carbonyl (C=O) groups is 1. The van der Waals surface area contributed by atoms with E-state index >= 15 is 0 Å². The molecule has 2 rings (SSSR count). The lowest BCUT2D eigenvalue weighted by molar-refractivity contribution is 0.111. The van der Waals surface area contributed by atoms with E-state index in [4.69, 9.17) is 9.47 Å². The van der Waals surface area contributed by atoms with E-state index in [0.717, 1.165) is 0 Å². The van der Waals surface area contributed by atoms with Gasteiger partial charge in [-0.25, -0.2) is 4.68 Å². The lowest BCUT2D eigenvalue weighted by Crippen LogP contribution is -1.99. The standard InChI is InChI=1S/C11H11N3O3.C2H6O/c1-16-9-3-4-11(17-2)10(5-9)14-6-8(7-15)12-13-14;1-3-2/h3-7H,1-2H3;1-2H3. The third kappa shape index (κ3) is 3.79. The molecule has 0 spiro atoms. The van der Waals surface area contributed by atoms with Gasteiger partial charge >= 0.3 is 0 Å². The van der Waals surface area contributed by atoms with Crippen molar-refractivity contribution in [3.8, 4) is 17.2 Å². The minimum Gasteiger partial charge on any atom is -0.497 e. The third-order valence-corrected chi connectivity index (χ3v) is 2.26. The van der Waals surface area contributed by atoms with Crippen LogP contribution < -0.4 is 9.47 Å². The summed E-state index contributed by atoms with van der Waals surface area (Å²) < 4.78 is 16.0. The van der Waals surface area contributed by atoms with Crippen LogP contribution in [0.4, 0.5) is 0 Å². The molecule has 0 saturated heterocycles. The van der Waals surface area contributed by atoms with Crippen LogP contribution in [0, 0.1) is 0 Å². The highest BCUT2D eigenvalue weighted by molar-refractivity contribution is 5.71. The monoisotopic (exact) mass is 279 g/mol. The van der Waals surface area contributed by atoms with Gasteiger partial charge in [-0.05, 0) is 12.1 Å². The van der Waals surface area contributed by atoms with Crippen molar-refractivity contribution in [2.45, 2.75) is 0 Å². The Hall–Kier alpha value is -2.41. The first-order chi connectivity index (χ1) is 9.69. The van der Waals surface area contributed by atoms with Crippen LogP contribution in [0.15, 0.2) is 24.4 Å². The largest absolute Gasteiger partial charge is 0.497 e. The van der Waals surface area contributed by atoms with Crippen molar-refractivity contribution in [1.29, 1.82) is 0 Å². The van der Waals surface area contributed by atoms with E-state index < -0.39 is 0 Å². The summed E-state index contributed by atoms with van der Waals surface area (Å²) in [6.07, 6.45) is 2.15. The summed E-state index contributed by atoms with van der Waals surface area (Å²) in [7, 11) is 6.38. The number of methoxy groups -OCH3 is 3. The normalized spacial score (nSPS) is 9.40. The molecule has 0 bridgehead atoms. The van der Waals surface area contributed by atoms with Gasteiger partial charge in [-0.3, -0.25) is 4.79 Å². The molecule has 20 heavy (non-hydrogen) atoms. The van der Waals surface area contributed by atoms with Crippen LogP contribution in [0.25, 0.3) is 5.69 Å². The van der Waals surface area contributed by atoms with E-state index in [1.165, 1.54) is 10.9 Å². The van der Waals surface area contributed by atoms with Crippen LogP contribution in [-0.2, 0) is 4.74 Å². The number of nitrogens with zero attached hydrogens (tertiary/aromatic N) is 3. The molecule has 7 heteroatoms. The van der Waals surface area contributed by atoms with Gasteiger partial charge in [-0.2, -0.15) is 0 Å². The van der Waals surface area contributed by atoms with Crippen LogP contribution in [-0.4, -0.2) is 49.7 Å². The minimum absolute atomic E-state index is 0.259. The number of hydrogen-bond acceptors (Lipinski definition) is 6. The zero-order chi connectivity index (χ0) is 15.0. The molecule has 0 amide bonds. The Morgan fingerprint density at radius 1 is 1.15 bits per heavy atom. The van der Waals surface area contributed by atoms with E-state index in [2.05, 4.69) is 15.0 Å². The molecule has 0 unspecified atom stereocenters. The fraction of sp³-hybridized carbons (Fsp3) is 0.308.